The van der Waals surface area contributed by atoms with Gasteiger partial charge in [-0.15, -0.1) is 0 Å². The van der Waals surface area contributed by atoms with E-state index in [0.717, 1.165) is 50.2 Å². The first kappa shape index (κ1) is 18.6. The summed E-state index contributed by atoms with van der Waals surface area (Å²) in [5, 5.41) is 0. The molecule has 140 valence electrons. The molecule has 0 amide bonds. The molecule has 0 bridgehead atoms. The number of ether oxygens (including phenoxy) is 2. The highest BCUT2D eigenvalue weighted by molar-refractivity contribution is 5.42. The average Bonchev–Trinajstić information content (AvgIpc) is 2.67. The quantitative estimate of drug-likeness (QED) is 0.747. The lowest BCUT2D eigenvalue weighted by atomic mass is 9.91. The van der Waals surface area contributed by atoms with Crippen LogP contribution < -0.4 is 9.47 Å². The van der Waals surface area contributed by atoms with Gasteiger partial charge >= 0.3 is 0 Å². The minimum atomic E-state index is -0.0921. The number of piperidine rings is 1. The first-order valence-corrected chi connectivity index (χ1v) is 9.23. The molecule has 26 heavy (non-hydrogen) atoms. The Bertz CT molecular complexity index is 723. The Morgan fingerprint density at radius 2 is 2.04 bits per heavy atom. The van der Waals surface area contributed by atoms with Gasteiger partial charge in [-0.2, -0.15) is 0 Å². The smallest absolute Gasteiger partial charge is 0.183 e. The summed E-state index contributed by atoms with van der Waals surface area (Å²) in [6.45, 7) is 2.81. The minimum absolute atomic E-state index is 0.0921. The molecule has 1 aromatic carbocycles. The molecule has 4 nitrogen and oxygen atoms in total. The molecular formula is C21H27FN2O2. The Kier molecular flexibility index (Phi) is 6.45. The summed E-state index contributed by atoms with van der Waals surface area (Å²) in [4.78, 5) is 6.90. The zero-order valence-corrected chi connectivity index (χ0v) is 15.6. The lowest BCUT2D eigenvalue weighted by Gasteiger charge is -2.33. The molecule has 1 aromatic heterocycles. The highest BCUT2D eigenvalue weighted by Gasteiger charge is 2.22. The van der Waals surface area contributed by atoms with Crippen molar-refractivity contribution in [1.29, 1.82) is 0 Å². The molecule has 2 heterocycles. The van der Waals surface area contributed by atoms with Crippen molar-refractivity contribution >= 4 is 0 Å². The van der Waals surface area contributed by atoms with Crippen molar-refractivity contribution in [2.75, 3.05) is 27.3 Å². The topological polar surface area (TPSA) is 34.6 Å². The van der Waals surface area contributed by atoms with E-state index in [0.29, 0.717) is 17.4 Å². The summed E-state index contributed by atoms with van der Waals surface area (Å²) < 4.78 is 24.7. The molecule has 5 heteroatoms. The van der Waals surface area contributed by atoms with Crippen LogP contribution in [0.25, 0.3) is 0 Å². The zero-order valence-electron chi connectivity index (χ0n) is 15.6. The monoisotopic (exact) mass is 358 g/mol. The zero-order chi connectivity index (χ0) is 18.4. The second kappa shape index (κ2) is 8.99. The van der Waals surface area contributed by atoms with Crippen LogP contribution in [0.3, 0.4) is 0 Å². The van der Waals surface area contributed by atoms with E-state index < -0.39 is 0 Å². The van der Waals surface area contributed by atoms with Crippen LogP contribution in [0.15, 0.2) is 36.5 Å². The fraction of sp³-hybridized carbons (Fsp3) is 0.476. The first-order valence-electron chi connectivity index (χ1n) is 9.23. The predicted octanol–water partition coefficient (Wildman–Crippen LogP) is 4.08. The van der Waals surface area contributed by atoms with Gasteiger partial charge in [-0.05, 0) is 49.8 Å². The number of benzene rings is 1. The number of rotatable bonds is 7. The summed E-state index contributed by atoms with van der Waals surface area (Å²) in [5.74, 6) is 1.92. The van der Waals surface area contributed by atoms with Gasteiger partial charge < -0.3 is 9.47 Å². The largest absolute Gasteiger partial charge is 0.493 e. The lowest BCUT2D eigenvalue weighted by molar-refractivity contribution is 0.158. The van der Waals surface area contributed by atoms with E-state index in [4.69, 9.17) is 9.47 Å². The van der Waals surface area contributed by atoms with E-state index in [1.54, 1.807) is 32.5 Å². The summed E-state index contributed by atoms with van der Waals surface area (Å²) in [6, 6.07) is 8.90. The van der Waals surface area contributed by atoms with E-state index in [-0.39, 0.29) is 5.82 Å². The Hall–Kier alpha value is -2.14. The van der Waals surface area contributed by atoms with Crippen molar-refractivity contribution in [2.45, 2.75) is 32.2 Å². The van der Waals surface area contributed by atoms with Gasteiger partial charge in [-0.3, -0.25) is 9.88 Å². The molecule has 0 radical (unpaired) electrons. The van der Waals surface area contributed by atoms with Crippen LogP contribution in [0.5, 0.6) is 11.5 Å². The third kappa shape index (κ3) is 4.52. The summed E-state index contributed by atoms with van der Waals surface area (Å²) in [7, 11) is 3.29. The maximum Gasteiger partial charge on any atom is 0.183 e. The molecule has 0 saturated carbocycles. The second-order valence-corrected chi connectivity index (χ2v) is 6.87. The number of aryl methyl sites for hydroxylation is 1. The molecule has 1 aliphatic heterocycles. The average molecular weight is 358 g/mol. The van der Waals surface area contributed by atoms with Gasteiger partial charge in [-0.25, -0.2) is 4.39 Å². The van der Waals surface area contributed by atoms with Gasteiger partial charge in [0.25, 0.3) is 0 Å². The Labute approximate surface area is 155 Å². The van der Waals surface area contributed by atoms with Crippen LogP contribution >= 0.6 is 0 Å². The van der Waals surface area contributed by atoms with E-state index in [1.807, 2.05) is 18.2 Å². The molecule has 0 spiro atoms. The van der Waals surface area contributed by atoms with Crippen LogP contribution in [-0.2, 0) is 13.0 Å². The van der Waals surface area contributed by atoms with E-state index in [1.165, 1.54) is 6.42 Å². The van der Waals surface area contributed by atoms with E-state index in [9.17, 15) is 4.39 Å². The fourth-order valence-electron chi connectivity index (χ4n) is 3.77. The molecule has 3 rings (SSSR count). The van der Waals surface area contributed by atoms with Crippen molar-refractivity contribution in [1.82, 2.24) is 9.88 Å². The molecule has 0 N–H and O–H groups in total. The van der Waals surface area contributed by atoms with Crippen molar-refractivity contribution < 1.29 is 13.9 Å². The van der Waals surface area contributed by atoms with Gasteiger partial charge in [0.1, 0.15) is 11.5 Å². The number of aromatic nitrogens is 1. The highest BCUT2D eigenvalue weighted by Crippen LogP contribution is 2.31. The molecule has 1 aliphatic rings. The summed E-state index contributed by atoms with van der Waals surface area (Å²) >= 11 is 0. The fourth-order valence-corrected chi connectivity index (χ4v) is 3.77. The summed E-state index contributed by atoms with van der Waals surface area (Å²) in [5.41, 5.74) is 1.72. The van der Waals surface area contributed by atoms with Gasteiger partial charge in [0, 0.05) is 25.4 Å². The van der Waals surface area contributed by atoms with Crippen LogP contribution in [0.4, 0.5) is 4.39 Å². The number of hydrogen-bond donors (Lipinski definition) is 0. The van der Waals surface area contributed by atoms with Crippen LogP contribution in [-0.4, -0.2) is 37.2 Å². The van der Waals surface area contributed by atoms with E-state index >= 15 is 0 Å². The normalized spacial score (nSPS) is 17.9. The molecule has 0 aliphatic carbocycles. The Balaban J connectivity index is 1.60. The minimum Gasteiger partial charge on any atom is -0.493 e. The standard InChI is InChI=1S/C21H27FN2O2/c1-25-20-11-12-23-19(21(20)26-2)15-24-13-5-6-16(14-24)9-10-17-7-3-4-8-18(17)22/h3-4,7-8,11-12,16H,5-6,9-10,13-15H2,1-2H3/t16-/m1/s1. The van der Waals surface area contributed by atoms with Gasteiger partial charge in [0.2, 0.25) is 0 Å². The maximum atomic E-state index is 13.8. The predicted molar refractivity (Wildman–Crippen MR) is 100 cm³/mol. The number of hydrogen-bond acceptors (Lipinski definition) is 4. The molecule has 2 aromatic rings. The first-order chi connectivity index (χ1) is 12.7. The number of nitrogens with zero attached hydrogens (tertiary/aromatic N) is 2. The number of halogens is 1. The third-order valence-electron chi connectivity index (χ3n) is 5.12. The van der Waals surface area contributed by atoms with Gasteiger partial charge in [-0.1, -0.05) is 18.2 Å². The molecule has 1 fully saturated rings. The van der Waals surface area contributed by atoms with Crippen molar-refractivity contribution in [3.05, 3.63) is 53.6 Å². The number of pyridine rings is 1. The molecule has 1 atom stereocenters. The van der Waals surface area contributed by atoms with Gasteiger partial charge in [0.15, 0.2) is 11.5 Å². The van der Waals surface area contributed by atoms with Crippen molar-refractivity contribution in [2.24, 2.45) is 5.92 Å². The second-order valence-electron chi connectivity index (χ2n) is 6.87. The Morgan fingerprint density at radius 3 is 2.81 bits per heavy atom. The van der Waals surface area contributed by atoms with Crippen LogP contribution in [0, 0.1) is 11.7 Å². The Morgan fingerprint density at radius 1 is 1.19 bits per heavy atom. The van der Waals surface area contributed by atoms with Crippen LogP contribution in [0.1, 0.15) is 30.5 Å². The SMILES string of the molecule is COc1ccnc(CN2CCC[C@H](CCc3ccccc3F)C2)c1OC. The third-order valence-corrected chi connectivity index (χ3v) is 5.12. The molecular weight excluding hydrogens is 331 g/mol. The lowest BCUT2D eigenvalue weighted by Crippen LogP contribution is -2.35. The van der Waals surface area contributed by atoms with E-state index in [2.05, 4.69) is 9.88 Å². The molecule has 0 unspecified atom stereocenters. The van der Waals surface area contributed by atoms with Crippen molar-refractivity contribution in [3.63, 3.8) is 0 Å². The molecule has 1 saturated heterocycles. The highest BCUT2D eigenvalue weighted by atomic mass is 19.1. The maximum absolute atomic E-state index is 13.8. The van der Waals surface area contributed by atoms with Crippen LogP contribution in [0.2, 0.25) is 0 Å². The summed E-state index contributed by atoms with van der Waals surface area (Å²) in [6.07, 6.45) is 5.93. The van der Waals surface area contributed by atoms with Crippen molar-refractivity contribution in [3.8, 4) is 11.5 Å². The number of methoxy groups -OCH3 is 2. The number of likely N-dealkylation sites (tertiary alicyclic amines) is 1. The van der Waals surface area contributed by atoms with Gasteiger partial charge in [0.05, 0.1) is 14.2 Å².